The molecule has 0 unspecified atom stereocenters. The van der Waals surface area contributed by atoms with Crippen molar-refractivity contribution in [3.8, 4) is 5.69 Å². The van der Waals surface area contributed by atoms with Crippen LogP contribution in [0.4, 0.5) is 0 Å². The van der Waals surface area contributed by atoms with Gasteiger partial charge >= 0.3 is 5.69 Å². The summed E-state index contributed by atoms with van der Waals surface area (Å²) in [4.78, 5) is 30.4. The molecule has 7 heteroatoms. The molecule has 0 amide bonds. The molecule has 7 nitrogen and oxygen atoms in total. The number of ether oxygens (including phenoxy) is 1. The van der Waals surface area contributed by atoms with E-state index in [1.807, 2.05) is 45.0 Å². The van der Waals surface area contributed by atoms with Crippen molar-refractivity contribution in [1.82, 2.24) is 18.7 Å². The molecule has 0 saturated heterocycles. The van der Waals surface area contributed by atoms with Gasteiger partial charge in [0, 0.05) is 13.2 Å². The maximum Gasteiger partial charge on any atom is 0.337 e. The minimum atomic E-state index is -0.405. The molecule has 0 aliphatic heterocycles. The van der Waals surface area contributed by atoms with E-state index in [2.05, 4.69) is 4.98 Å². The molecule has 2 heterocycles. The largest absolute Gasteiger partial charge is 0.383 e. The number of para-hydroxylation sites is 1. The maximum atomic E-state index is 13.1. The second-order valence-electron chi connectivity index (χ2n) is 6.27. The molecular weight excluding hydrogens is 320 g/mol. The highest BCUT2D eigenvalue weighted by molar-refractivity contribution is 5.73. The summed E-state index contributed by atoms with van der Waals surface area (Å²) < 4.78 is 9.60. The predicted molar refractivity (Wildman–Crippen MR) is 96.6 cm³/mol. The van der Waals surface area contributed by atoms with E-state index in [1.165, 1.54) is 9.13 Å². The summed E-state index contributed by atoms with van der Waals surface area (Å²) in [5.74, 6) is 0. The zero-order valence-corrected chi connectivity index (χ0v) is 14.9. The molecule has 0 N–H and O–H groups in total. The number of imidazole rings is 1. The van der Waals surface area contributed by atoms with Crippen LogP contribution in [0, 0.1) is 6.92 Å². The quantitative estimate of drug-likeness (QED) is 0.710. The van der Waals surface area contributed by atoms with Gasteiger partial charge in [-0.1, -0.05) is 18.2 Å². The average molecular weight is 342 g/mol. The molecule has 0 bridgehead atoms. The molecule has 0 atom stereocenters. The highest BCUT2D eigenvalue weighted by atomic mass is 16.5. The molecule has 132 valence electrons. The Morgan fingerprint density at radius 2 is 1.92 bits per heavy atom. The topological polar surface area (TPSA) is 71.1 Å². The summed E-state index contributed by atoms with van der Waals surface area (Å²) in [6.45, 7) is 6.35. The summed E-state index contributed by atoms with van der Waals surface area (Å²) in [7, 11) is 1.54. The first kappa shape index (κ1) is 17.2. The third-order valence-electron chi connectivity index (χ3n) is 4.29. The van der Waals surface area contributed by atoms with Crippen molar-refractivity contribution in [3.63, 3.8) is 0 Å². The first-order valence-electron chi connectivity index (χ1n) is 8.24. The van der Waals surface area contributed by atoms with Gasteiger partial charge in [0.15, 0.2) is 11.2 Å². The van der Waals surface area contributed by atoms with Crippen molar-refractivity contribution in [2.75, 3.05) is 13.7 Å². The van der Waals surface area contributed by atoms with E-state index < -0.39 is 5.69 Å². The number of nitrogens with zero attached hydrogens (tertiary/aromatic N) is 4. The number of aromatic nitrogens is 4. The number of hydrogen-bond acceptors (Lipinski definition) is 4. The highest BCUT2D eigenvalue weighted by Crippen LogP contribution is 2.18. The van der Waals surface area contributed by atoms with Crippen LogP contribution < -0.4 is 11.2 Å². The molecule has 2 aromatic heterocycles. The third-order valence-corrected chi connectivity index (χ3v) is 4.29. The van der Waals surface area contributed by atoms with Crippen molar-refractivity contribution < 1.29 is 4.74 Å². The average Bonchev–Trinajstić information content (AvgIpc) is 3.01. The molecule has 3 rings (SSSR count). The molecule has 3 aromatic rings. The van der Waals surface area contributed by atoms with Crippen molar-refractivity contribution in [1.29, 1.82) is 0 Å². The van der Waals surface area contributed by atoms with Gasteiger partial charge in [0.1, 0.15) is 0 Å². The summed E-state index contributed by atoms with van der Waals surface area (Å²) in [5, 5.41) is 0. The highest BCUT2D eigenvalue weighted by Gasteiger charge is 2.20. The Morgan fingerprint density at radius 1 is 1.20 bits per heavy atom. The van der Waals surface area contributed by atoms with Crippen LogP contribution in [0.5, 0.6) is 0 Å². The van der Waals surface area contributed by atoms with Crippen LogP contribution in [0.25, 0.3) is 16.9 Å². The van der Waals surface area contributed by atoms with Crippen molar-refractivity contribution in [3.05, 3.63) is 57.0 Å². The van der Waals surface area contributed by atoms with Gasteiger partial charge in [-0.05, 0) is 32.4 Å². The van der Waals surface area contributed by atoms with E-state index in [0.717, 1.165) is 11.3 Å². The van der Waals surface area contributed by atoms with E-state index in [0.29, 0.717) is 11.2 Å². The molecule has 25 heavy (non-hydrogen) atoms. The molecular formula is C18H22N4O3. The Hall–Kier alpha value is -2.67. The Kier molecular flexibility index (Phi) is 4.59. The number of aryl methyl sites for hydroxylation is 1. The van der Waals surface area contributed by atoms with Gasteiger partial charge in [-0.15, -0.1) is 0 Å². The van der Waals surface area contributed by atoms with Gasteiger partial charge in [-0.2, -0.15) is 0 Å². The molecule has 0 fully saturated rings. The molecule has 0 saturated carbocycles. The molecule has 0 aliphatic carbocycles. The fourth-order valence-electron chi connectivity index (χ4n) is 2.95. The first-order valence-corrected chi connectivity index (χ1v) is 8.24. The molecule has 0 aliphatic rings. The molecule has 0 spiro atoms. The smallest absolute Gasteiger partial charge is 0.337 e. The maximum absolute atomic E-state index is 13.1. The SMILES string of the molecule is COCCn1c(=O)c2c(ncn2C(C)C)n(-c2ccccc2C)c1=O. The predicted octanol–water partition coefficient (Wildman–Crippen LogP) is 1.88. The number of fused-ring (bicyclic) bond motifs is 1. The van der Waals surface area contributed by atoms with E-state index in [-0.39, 0.29) is 24.8 Å². The number of rotatable bonds is 5. The van der Waals surface area contributed by atoms with Crippen LogP contribution in [0.2, 0.25) is 0 Å². The van der Waals surface area contributed by atoms with Crippen molar-refractivity contribution in [2.24, 2.45) is 0 Å². The van der Waals surface area contributed by atoms with E-state index in [9.17, 15) is 9.59 Å². The van der Waals surface area contributed by atoms with Crippen LogP contribution in [-0.2, 0) is 11.3 Å². The Morgan fingerprint density at radius 3 is 2.56 bits per heavy atom. The zero-order chi connectivity index (χ0) is 18.1. The fraction of sp³-hybridized carbons (Fsp3) is 0.389. The van der Waals surface area contributed by atoms with Crippen LogP contribution in [0.15, 0.2) is 40.2 Å². The Balaban J connectivity index is 2.46. The summed E-state index contributed by atoms with van der Waals surface area (Å²) in [6, 6.07) is 7.61. The Labute approximate surface area is 145 Å². The minimum absolute atomic E-state index is 0.0522. The van der Waals surface area contributed by atoms with Gasteiger partial charge in [-0.3, -0.25) is 9.36 Å². The second-order valence-corrected chi connectivity index (χ2v) is 6.27. The fourth-order valence-corrected chi connectivity index (χ4v) is 2.95. The van der Waals surface area contributed by atoms with E-state index >= 15 is 0 Å². The monoisotopic (exact) mass is 342 g/mol. The van der Waals surface area contributed by atoms with Crippen molar-refractivity contribution in [2.45, 2.75) is 33.4 Å². The zero-order valence-electron chi connectivity index (χ0n) is 14.9. The lowest BCUT2D eigenvalue weighted by Gasteiger charge is -2.15. The Bertz CT molecular complexity index is 1030. The van der Waals surface area contributed by atoms with Gasteiger partial charge in [0.25, 0.3) is 5.56 Å². The van der Waals surface area contributed by atoms with Crippen molar-refractivity contribution >= 4 is 11.2 Å². The number of benzene rings is 1. The first-order chi connectivity index (χ1) is 12.0. The summed E-state index contributed by atoms with van der Waals surface area (Å²) in [6.07, 6.45) is 1.62. The van der Waals surface area contributed by atoms with Gasteiger partial charge in [0.2, 0.25) is 0 Å². The van der Waals surface area contributed by atoms with E-state index in [4.69, 9.17) is 4.74 Å². The summed E-state index contributed by atoms with van der Waals surface area (Å²) in [5.41, 5.74) is 1.71. The third kappa shape index (κ3) is 2.80. The van der Waals surface area contributed by atoms with Gasteiger partial charge in [0.05, 0.1) is 25.2 Å². The van der Waals surface area contributed by atoms with E-state index in [1.54, 1.807) is 18.0 Å². The minimum Gasteiger partial charge on any atom is -0.383 e. The second kappa shape index (κ2) is 6.68. The van der Waals surface area contributed by atoms with Gasteiger partial charge in [-0.25, -0.2) is 14.3 Å². The van der Waals surface area contributed by atoms with Crippen LogP contribution in [0.3, 0.4) is 0 Å². The summed E-state index contributed by atoms with van der Waals surface area (Å²) >= 11 is 0. The lowest BCUT2D eigenvalue weighted by atomic mass is 10.2. The van der Waals surface area contributed by atoms with Crippen LogP contribution in [0.1, 0.15) is 25.5 Å². The number of hydrogen-bond donors (Lipinski definition) is 0. The van der Waals surface area contributed by atoms with Crippen LogP contribution >= 0.6 is 0 Å². The van der Waals surface area contributed by atoms with Gasteiger partial charge < -0.3 is 9.30 Å². The van der Waals surface area contributed by atoms with Crippen LogP contribution in [-0.4, -0.2) is 32.4 Å². The molecule has 1 aromatic carbocycles. The lowest BCUT2D eigenvalue weighted by Crippen LogP contribution is -2.41. The number of methoxy groups -OCH3 is 1. The lowest BCUT2D eigenvalue weighted by molar-refractivity contribution is 0.184. The normalized spacial score (nSPS) is 11.6. The molecule has 0 radical (unpaired) electrons. The standard InChI is InChI=1S/C18H22N4O3/c1-12(2)21-11-19-16-15(21)17(23)20(9-10-25-4)18(24)22(16)14-8-6-5-7-13(14)3/h5-8,11-12H,9-10H2,1-4H3.